The maximum atomic E-state index is 11.2. The highest BCUT2D eigenvalue weighted by Crippen LogP contribution is 2.34. The summed E-state index contributed by atoms with van der Waals surface area (Å²) in [4.78, 5) is 13.6. The quantitative estimate of drug-likeness (QED) is 0.920. The van der Waals surface area contributed by atoms with Crippen LogP contribution in [0.2, 0.25) is 0 Å². The number of carboxylic acids is 1. The van der Waals surface area contributed by atoms with Gasteiger partial charge < -0.3 is 10.0 Å². The fourth-order valence-electron chi connectivity index (χ4n) is 3.89. The number of hydrogen-bond acceptors (Lipinski definition) is 2. The summed E-state index contributed by atoms with van der Waals surface area (Å²) in [5, 5.41) is 9.24. The molecule has 0 saturated carbocycles. The van der Waals surface area contributed by atoms with Crippen molar-refractivity contribution >= 4 is 5.97 Å². The summed E-state index contributed by atoms with van der Waals surface area (Å²) in [7, 11) is 0. The van der Waals surface area contributed by atoms with Gasteiger partial charge in [0, 0.05) is 19.6 Å². The number of fused-ring (bicyclic) bond motifs is 1. The second-order valence-corrected chi connectivity index (χ2v) is 6.43. The van der Waals surface area contributed by atoms with E-state index in [-0.39, 0.29) is 11.8 Å². The van der Waals surface area contributed by atoms with E-state index in [4.69, 9.17) is 0 Å². The zero-order chi connectivity index (χ0) is 14.1. The molecule has 1 aliphatic heterocycles. The molecule has 0 amide bonds. The summed E-state index contributed by atoms with van der Waals surface area (Å²) < 4.78 is 0. The van der Waals surface area contributed by atoms with Crippen molar-refractivity contribution in [1.29, 1.82) is 0 Å². The van der Waals surface area contributed by atoms with E-state index in [1.807, 2.05) is 0 Å². The number of aryl methyl sites for hydroxylation is 1. The zero-order valence-electron chi connectivity index (χ0n) is 12.1. The third kappa shape index (κ3) is 2.59. The first kappa shape index (κ1) is 13.6. The first-order valence-electron chi connectivity index (χ1n) is 7.68. The molecule has 3 nitrogen and oxygen atoms in total. The van der Waals surface area contributed by atoms with Gasteiger partial charge in [0.2, 0.25) is 0 Å². The van der Waals surface area contributed by atoms with Crippen molar-refractivity contribution in [2.45, 2.75) is 32.1 Å². The largest absolute Gasteiger partial charge is 0.481 e. The minimum Gasteiger partial charge on any atom is -0.481 e. The molecule has 3 rings (SSSR count). The third-order valence-electron chi connectivity index (χ3n) is 4.98. The Morgan fingerprint density at radius 3 is 2.90 bits per heavy atom. The number of benzene rings is 1. The van der Waals surface area contributed by atoms with Crippen LogP contribution in [-0.4, -0.2) is 35.6 Å². The monoisotopic (exact) mass is 273 g/mol. The lowest BCUT2D eigenvalue weighted by Crippen LogP contribution is -2.29. The summed E-state index contributed by atoms with van der Waals surface area (Å²) in [5.74, 6) is 0.0314. The van der Waals surface area contributed by atoms with Gasteiger partial charge in [-0.1, -0.05) is 31.2 Å². The summed E-state index contributed by atoms with van der Waals surface area (Å²) >= 11 is 0. The second kappa shape index (κ2) is 5.57. The van der Waals surface area contributed by atoms with Gasteiger partial charge in [-0.15, -0.1) is 0 Å². The average Bonchev–Trinajstić information content (AvgIpc) is 2.80. The molecule has 1 saturated heterocycles. The molecule has 1 unspecified atom stereocenters. The lowest BCUT2D eigenvalue weighted by atomic mass is 9.82. The highest BCUT2D eigenvalue weighted by molar-refractivity contribution is 5.71. The average molecular weight is 273 g/mol. The van der Waals surface area contributed by atoms with Gasteiger partial charge in [0.05, 0.1) is 5.92 Å². The van der Waals surface area contributed by atoms with Crippen LogP contribution >= 0.6 is 0 Å². The molecule has 0 bridgehead atoms. The Labute approximate surface area is 120 Å². The van der Waals surface area contributed by atoms with Crippen LogP contribution in [-0.2, 0) is 11.2 Å². The van der Waals surface area contributed by atoms with Gasteiger partial charge in [0.1, 0.15) is 0 Å². The van der Waals surface area contributed by atoms with E-state index in [1.165, 1.54) is 30.4 Å². The molecule has 1 fully saturated rings. The predicted molar refractivity (Wildman–Crippen MR) is 78.9 cm³/mol. The van der Waals surface area contributed by atoms with Crippen molar-refractivity contribution in [3.8, 4) is 0 Å². The Hall–Kier alpha value is -1.35. The Morgan fingerprint density at radius 2 is 2.15 bits per heavy atom. The SMILES string of the molecule is C[C@@H]1CN(CC2CCCc3ccccc32)C[C@H]1C(=O)O. The molecule has 20 heavy (non-hydrogen) atoms. The van der Waals surface area contributed by atoms with E-state index < -0.39 is 5.97 Å². The molecule has 2 aliphatic rings. The standard InChI is InChI=1S/C17H23NO2/c1-12-9-18(11-16(12)17(19)20)10-14-7-4-6-13-5-2-3-8-15(13)14/h2-3,5,8,12,14,16H,4,6-7,9-11H2,1H3,(H,19,20)/t12-,14?,16-/m1/s1. The topological polar surface area (TPSA) is 40.5 Å². The van der Waals surface area contributed by atoms with E-state index in [2.05, 4.69) is 36.1 Å². The minimum absolute atomic E-state index is 0.186. The van der Waals surface area contributed by atoms with E-state index in [0.29, 0.717) is 5.92 Å². The van der Waals surface area contributed by atoms with Crippen LogP contribution in [0, 0.1) is 11.8 Å². The van der Waals surface area contributed by atoms with Crippen molar-refractivity contribution in [2.75, 3.05) is 19.6 Å². The van der Waals surface area contributed by atoms with Crippen LogP contribution in [0.3, 0.4) is 0 Å². The van der Waals surface area contributed by atoms with Crippen molar-refractivity contribution in [3.63, 3.8) is 0 Å². The van der Waals surface area contributed by atoms with Crippen molar-refractivity contribution in [3.05, 3.63) is 35.4 Å². The number of rotatable bonds is 3. The molecule has 0 radical (unpaired) electrons. The molecule has 1 heterocycles. The second-order valence-electron chi connectivity index (χ2n) is 6.43. The zero-order valence-corrected chi connectivity index (χ0v) is 12.1. The first-order valence-corrected chi connectivity index (χ1v) is 7.68. The molecule has 1 aromatic carbocycles. The first-order chi connectivity index (χ1) is 9.65. The van der Waals surface area contributed by atoms with Crippen LogP contribution in [0.15, 0.2) is 24.3 Å². The van der Waals surface area contributed by atoms with Gasteiger partial charge in [-0.2, -0.15) is 0 Å². The Balaban J connectivity index is 1.69. The molecule has 108 valence electrons. The lowest BCUT2D eigenvalue weighted by Gasteiger charge is -2.29. The molecule has 0 spiro atoms. The number of hydrogen-bond donors (Lipinski definition) is 1. The van der Waals surface area contributed by atoms with Crippen molar-refractivity contribution in [1.82, 2.24) is 4.90 Å². The molecule has 1 N–H and O–H groups in total. The Bertz CT molecular complexity index is 500. The minimum atomic E-state index is -0.635. The number of nitrogens with zero attached hydrogens (tertiary/aromatic N) is 1. The molecule has 0 aromatic heterocycles. The summed E-state index contributed by atoms with van der Waals surface area (Å²) in [6.45, 7) is 4.73. The Kier molecular flexibility index (Phi) is 3.79. The number of carbonyl (C=O) groups is 1. The van der Waals surface area contributed by atoms with Crippen LogP contribution < -0.4 is 0 Å². The van der Waals surface area contributed by atoms with E-state index in [9.17, 15) is 9.90 Å². The van der Waals surface area contributed by atoms with Crippen LogP contribution in [0.5, 0.6) is 0 Å². The fourth-order valence-corrected chi connectivity index (χ4v) is 3.89. The van der Waals surface area contributed by atoms with Gasteiger partial charge in [0.15, 0.2) is 0 Å². The number of aliphatic carboxylic acids is 1. The molecule has 3 atom stereocenters. The van der Waals surface area contributed by atoms with E-state index in [1.54, 1.807) is 0 Å². The molecular formula is C17H23NO2. The summed E-state index contributed by atoms with van der Waals surface area (Å²) in [6.07, 6.45) is 3.69. The van der Waals surface area contributed by atoms with Gasteiger partial charge in [-0.05, 0) is 42.2 Å². The maximum Gasteiger partial charge on any atom is 0.308 e. The van der Waals surface area contributed by atoms with Crippen LogP contribution in [0.4, 0.5) is 0 Å². The third-order valence-corrected chi connectivity index (χ3v) is 4.98. The highest BCUT2D eigenvalue weighted by Gasteiger charge is 2.36. The molecular weight excluding hydrogens is 250 g/mol. The van der Waals surface area contributed by atoms with Crippen molar-refractivity contribution in [2.24, 2.45) is 11.8 Å². The smallest absolute Gasteiger partial charge is 0.308 e. The molecule has 3 heteroatoms. The van der Waals surface area contributed by atoms with Crippen LogP contribution in [0.1, 0.15) is 36.8 Å². The van der Waals surface area contributed by atoms with E-state index in [0.717, 1.165) is 19.6 Å². The van der Waals surface area contributed by atoms with Crippen LogP contribution in [0.25, 0.3) is 0 Å². The predicted octanol–water partition coefficient (Wildman–Crippen LogP) is 2.76. The highest BCUT2D eigenvalue weighted by atomic mass is 16.4. The lowest BCUT2D eigenvalue weighted by molar-refractivity contribution is -0.142. The van der Waals surface area contributed by atoms with Gasteiger partial charge in [-0.3, -0.25) is 4.79 Å². The van der Waals surface area contributed by atoms with E-state index >= 15 is 0 Å². The number of carboxylic acid groups (broad SMARTS) is 1. The van der Waals surface area contributed by atoms with Gasteiger partial charge >= 0.3 is 5.97 Å². The summed E-state index contributed by atoms with van der Waals surface area (Å²) in [6, 6.07) is 8.75. The molecule has 1 aliphatic carbocycles. The molecule has 1 aromatic rings. The normalized spacial score (nSPS) is 30.1. The Morgan fingerprint density at radius 1 is 1.35 bits per heavy atom. The van der Waals surface area contributed by atoms with Gasteiger partial charge in [-0.25, -0.2) is 0 Å². The number of likely N-dealkylation sites (tertiary alicyclic amines) is 1. The van der Waals surface area contributed by atoms with Gasteiger partial charge in [0.25, 0.3) is 0 Å². The summed E-state index contributed by atoms with van der Waals surface area (Å²) in [5.41, 5.74) is 2.98. The van der Waals surface area contributed by atoms with Crippen molar-refractivity contribution < 1.29 is 9.90 Å². The maximum absolute atomic E-state index is 11.2. The fraction of sp³-hybridized carbons (Fsp3) is 0.588.